The first-order valence-corrected chi connectivity index (χ1v) is 7.40. The monoisotopic (exact) mass is 328 g/mol. The zero-order chi connectivity index (χ0) is 17.5. The number of rotatable bonds is 5. The zero-order valence-electron chi connectivity index (χ0n) is 13.9. The molecule has 2 aromatic rings. The number of nitrogens with zero attached hydrogens (tertiary/aromatic N) is 2. The molecule has 24 heavy (non-hydrogen) atoms. The maximum Gasteiger partial charge on any atom is 0.262 e. The van der Waals surface area contributed by atoms with Crippen LogP contribution in [0.1, 0.15) is 17.0 Å². The highest BCUT2D eigenvalue weighted by atomic mass is 16.5. The molecule has 2 amide bonds. The van der Waals surface area contributed by atoms with Crippen molar-refractivity contribution < 1.29 is 14.3 Å². The molecular formula is C17H20N4O3. The summed E-state index contributed by atoms with van der Waals surface area (Å²) in [6.45, 7) is 3.75. The van der Waals surface area contributed by atoms with E-state index in [0.717, 1.165) is 17.0 Å². The van der Waals surface area contributed by atoms with Gasteiger partial charge in [-0.2, -0.15) is 5.10 Å². The minimum absolute atomic E-state index is 0.0379. The molecule has 0 aliphatic rings. The first-order chi connectivity index (χ1) is 11.5. The number of hydrazine groups is 1. The SMILES string of the molecule is COc1ccccc1/C=C/C(=O)NNC(=O)Cn1nc(C)cc1C. The van der Waals surface area contributed by atoms with E-state index in [-0.39, 0.29) is 12.5 Å². The second kappa shape index (κ2) is 7.96. The Morgan fingerprint density at radius 2 is 2.00 bits per heavy atom. The van der Waals surface area contributed by atoms with Crippen molar-refractivity contribution in [3.05, 3.63) is 53.4 Å². The van der Waals surface area contributed by atoms with Crippen molar-refractivity contribution in [2.75, 3.05) is 7.11 Å². The van der Waals surface area contributed by atoms with Gasteiger partial charge < -0.3 is 4.74 Å². The lowest BCUT2D eigenvalue weighted by Gasteiger charge is -2.07. The van der Waals surface area contributed by atoms with Crippen LogP contribution in [0.15, 0.2) is 36.4 Å². The van der Waals surface area contributed by atoms with Crippen molar-refractivity contribution >= 4 is 17.9 Å². The normalized spacial score (nSPS) is 10.6. The van der Waals surface area contributed by atoms with E-state index in [1.54, 1.807) is 23.9 Å². The van der Waals surface area contributed by atoms with Gasteiger partial charge in [0.15, 0.2) is 0 Å². The highest BCUT2D eigenvalue weighted by Crippen LogP contribution is 2.18. The van der Waals surface area contributed by atoms with Crippen LogP contribution in [-0.4, -0.2) is 28.7 Å². The molecule has 7 heteroatoms. The molecule has 2 N–H and O–H groups in total. The average Bonchev–Trinajstić information content (AvgIpc) is 2.88. The number of aryl methyl sites for hydroxylation is 2. The lowest BCUT2D eigenvalue weighted by atomic mass is 10.2. The van der Waals surface area contributed by atoms with E-state index in [2.05, 4.69) is 16.0 Å². The summed E-state index contributed by atoms with van der Waals surface area (Å²) in [5.74, 6) is -0.141. The van der Waals surface area contributed by atoms with E-state index in [1.807, 2.05) is 38.1 Å². The molecule has 0 atom stereocenters. The number of aromatic nitrogens is 2. The summed E-state index contributed by atoms with van der Waals surface area (Å²) >= 11 is 0. The van der Waals surface area contributed by atoms with Gasteiger partial charge >= 0.3 is 0 Å². The highest BCUT2D eigenvalue weighted by Gasteiger charge is 2.07. The van der Waals surface area contributed by atoms with E-state index in [0.29, 0.717) is 5.75 Å². The third-order valence-electron chi connectivity index (χ3n) is 3.28. The molecule has 0 radical (unpaired) electrons. The lowest BCUT2D eigenvalue weighted by Crippen LogP contribution is -2.42. The molecule has 0 fully saturated rings. The molecular weight excluding hydrogens is 308 g/mol. The predicted molar refractivity (Wildman–Crippen MR) is 90.0 cm³/mol. The summed E-state index contributed by atoms with van der Waals surface area (Å²) < 4.78 is 6.76. The summed E-state index contributed by atoms with van der Waals surface area (Å²) in [6.07, 6.45) is 2.93. The van der Waals surface area contributed by atoms with Gasteiger partial charge in [0.1, 0.15) is 12.3 Å². The number of ether oxygens (including phenoxy) is 1. The smallest absolute Gasteiger partial charge is 0.262 e. The van der Waals surface area contributed by atoms with Gasteiger partial charge in [0.05, 0.1) is 12.8 Å². The Hall–Kier alpha value is -3.09. The van der Waals surface area contributed by atoms with Gasteiger partial charge in [-0.3, -0.25) is 25.1 Å². The second-order valence-corrected chi connectivity index (χ2v) is 5.20. The number of nitrogens with one attached hydrogen (secondary N) is 2. The van der Waals surface area contributed by atoms with Crippen LogP contribution in [0.4, 0.5) is 0 Å². The quantitative estimate of drug-likeness (QED) is 0.641. The third kappa shape index (κ3) is 4.70. The third-order valence-corrected chi connectivity index (χ3v) is 3.28. The van der Waals surface area contributed by atoms with E-state index >= 15 is 0 Å². The Morgan fingerprint density at radius 3 is 2.67 bits per heavy atom. The van der Waals surface area contributed by atoms with Gasteiger partial charge in [-0.25, -0.2) is 0 Å². The van der Waals surface area contributed by atoms with Crippen LogP contribution in [0.2, 0.25) is 0 Å². The maximum absolute atomic E-state index is 11.8. The molecule has 126 valence electrons. The first kappa shape index (κ1) is 17.3. The van der Waals surface area contributed by atoms with E-state index in [9.17, 15) is 9.59 Å². The van der Waals surface area contributed by atoms with E-state index in [4.69, 9.17) is 4.74 Å². The number of para-hydroxylation sites is 1. The minimum atomic E-state index is -0.442. The van der Waals surface area contributed by atoms with Crippen LogP contribution in [0.25, 0.3) is 6.08 Å². The Balaban J connectivity index is 1.85. The number of benzene rings is 1. The number of hydrogen-bond acceptors (Lipinski definition) is 4. The first-order valence-electron chi connectivity index (χ1n) is 7.40. The van der Waals surface area contributed by atoms with Crippen LogP contribution in [0.5, 0.6) is 5.75 Å². The fraction of sp³-hybridized carbons (Fsp3) is 0.235. The second-order valence-electron chi connectivity index (χ2n) is 5.20. The molecule has 1 aromatic heterocycles. The largest absolute Gasteiger partial charge is 0.496 e. The van der Waals surface area contributed by atoms with Crippen LogP contribution < -0.4 is 15.6 Å². The van der Waals surface area contributed by atoms with Crippen LogP contribution >= 0.6 is 0 Å². The molecule has 0 spiro atoms. The molecule has 0 bridgehead atoms. The number of methoxy groups -OCH3 is 1. The van der Waals surface area contributed by atoms with E-state index in [1.165, 1.54) is 6.08 Å². The molecule has 0 unspecified atom stereocenters. The van der Waals surface area contributed by atoms with E-state index < -0.39 is 5.91 Å². The van der Waals surface area contributed by atoms with Crippen LogP contribution in [-0.2, 0) is 16.1 Å². The number of amides is 2. The Morgan fingerprint density at radius 1 is 1.25 bits per heavy atom. The van der Waals surface area contributed by atoms with Crippen molar-refractivity contribution in [3.8, 4) is 5.75 Å². The maximum atomic E-state index is 11.8. The topological polar surface area (TPSA) is 85.3 Å². The fourth-order valence-electron chi connectivity index (χ4n) is 2.15. The van der Waals surface area contributed by atoms with Crippen molar-refractivity contribution in [1.82, 2.24) is 20.6 Å². The average molecular weight is 328 g/mol. The summed E-state index contributed by atoms with van der Waals surface area (Å²) in [6, 6.07) is 9.19. The van der Waals surface area contributed by atoms with Crippen LogP contribution in [0, 0.1) is 13.8 Å². The minimum Gasteiger partial charge on any atom is -0.496 e. The Bertz CT molecular complexity index is 765. The molecule has 0 saturated carbocycles. The van der Waals surface area contributed by atoms with Gasteiger partial charge in [-0.05, 0) is 32.1 Å². The number of carbonyl (C=O) groups is 2. The molecule has 0 aliphatic carbocycles. The molecule has 0 aliphatic heterocycles. The summed E-state index contributed by atoms with van der Waals surface area (Å²) in [7, 11) is 1.56. The molecule has 0 saturated heterocycles. The Kier molecular flexibility index (Phi) is 5.73. The Labute approximate surface area is 140 Å². The van der Waals surface area contributed by atoms with Crippen molar-refractivity contribution in [1.29, 1.82) is 0 Å². The lowest BCUT2D eigenvalue weighted by molar-refractivity contribution is -0.127. The molecule has 1 aromatic carbocycles. The number of carbonyl (C=O) groups excluding carboxylic acids is 2. The van der Waals surface area contributed by atoms with Gasteiger partial charge in [0.2, 0.25) is 0 Å². The molecule has 7 nitrogen and oxygen atoms in total. The van der Waals surface area contributed by atoms with Crippen molar-refractivity contribution in [2.45, 2.75) is 20.4 Å². The summed E-state index contributed by atoms with van der Waals surface area (Å²) in [4.78, 5) is 23.6. The molecule has 1 heterocycles. The molecule has 2 rings (SSSR count). The fourth-order valence-corrected chi connectivity index (χ4v) is 2.15. The van der Waals surface area contributed by atoms with Crippen LogP contribution in [0.3, 0.4) is 0 Å². The van der Waals surface area contributed by atoms with Gasteiger partial charge in [-0.15, -0.1) is 0 Å². The summed E-state index contributed by atoms with van der Waals surface area (Å²) in [5.41, 5.74) is 7.16. The van der Waals surface area contributed by atoms with Gasteiger partial charge in [0, 0.05) is 17.3 Å². The number of hydrogen-bond donors (Lipinski definition) is 2. The van der Waals surface area contributed by atoms with Crippen molar-refractivity contribution in [3.63, 3.8) is 0 Å². The summed E-state index contributed by atoms with van der Waals surface area (Å²) in [5, 5.41) is 4.19. The van der Waals surface area contributed by atoms with Gasteiger partial charge in [-0.1, -0.05) is 18.2 Å². The highest BCUT2D eigenvalue weighted by molar-refractivity contribution is 5.93. The van der Waals surface area contributed by atoms with Gasteiger partial charge in [0.25, 0.3) is 11.8 Å². The predicted octanol–water partition coefficient (Wildman–Crippen LogP) is 1.37. The standard InChI is InChI=1S/C17H20N4O3/c1-12-10-13(2)21(20-12)11-17(23)19-18-16(22)9-8-14-6-4-5-7-15(14)24-3/h4-10H,11H2,1-3H3,(H,18,22)(H,19,23)/b9-8+. The zero-order valence-corrected chi connectivity index (χ0v) is 13.9. The van der Waals surface area contributed by atoms with Crippen molar-refractivity contribution in [2.24, 2.45) is 0 Å².